The third kappa shape index (κ3) is 4.78. The van der Waals surface area contributed by atoms with Gasteiger partial charge < -0.3 is 15.0 Å². The van der Waals surface area contributed by atoms with Gasteiger partial charge in [-0.15, -0.1) is 0 Å². The summed E-state index contributed by atoms with van der Waals surface area (Å²) in [6.07, 6.45) is 1.61. The zero-order valence-electron chi connectivity index (χ0n) is 15.8. The first-order chi connectivity index (χ1) is 14.0. The van der Waals surface area contributed by atoms with Crippen LogP contribution in [0.1, 0.15) is 21.5 Å². The Hall–Kier alpha value is -3.68. The van der Waals surface area contributed by atoms with Gasteiger partial charge in [0.15, 0.2) is 0 Å². The van der Waals surface area contributed by atoms with E-state index in [1.54, 1.807) is 13.2 Å². The molecule has 0 aliphatic carbocycles. The highest BCUT2D eigenvalue weighted by molar-refractivity contribution is 5.93. The van der Waals surface area contributed by atoms with E-state index in [1.165, 1.54) is 18.2 Å². The molecule has 3 rings (SSSR count). The first-order valence-electron chi connectivity index (χ1n) is 8.96. The Morgan fingerprint density at radius 3 is 2.72 bits per heavy atom. The lowest BCUT2D eigenvalue weighted by Gasteiger charge is -2.09. The number of aromatic nitrogens is 2. The molecule has 0 aliphatic heterocycles. The summed E-state index contributed by atoms with van der Waals surface area (Å²) in [5.41, 5.74) is -0.576. The number of nitrogens with zero attached hydrogens (tertiary/aromatic N) is 1. The van der Waals surface area contributed by atoms with Crippen molar-refractivity contribution >= 4 is 5.91 Å². The summed E-state index contributed by atoms with van der Waals surface area (Å²) in [5.74, 6) is -0.436. The highest BCUT2D eigenvalue weighted by Crippen LogP contribution is 2.12. The van der Waals surface area contributed by atoms with E-state index in [0.29, 0.717) is 12.2 Å². The van der Waals surface area contributed by atoms with Crippen LogP contribution in [-0.2, 0) is 13.0 Å². The molecule has 1 aromatic heterocycles. The number of hydrogen-bond donors (Lipinski definition) is 2. The lowest BCUT2D eigenvalue weighted by molar-refractivity contribution is 0.0951. The number of methoxy groups -OCH3 is 1. The molecular formula is C21H20FN3O4. The molecule has 3 aromatic rings. The van der Waals surface area contributed by atoms with Crippen molar-refractivity contribution < 1.29 is 13.9 Å². The second-order valence-corrected chi connectivity index (χ2v) is 6.35. The van der Waals surface area contributed by atoms with Crippen LogP contribution >= 0.6 is 0 Å². The molecule has 2 aromatic carbocycles. The number of halogens is 1. The fourth-order valence-corrected chi connectivity index (χ4v) is 2.86. The highest BCUT2D eigenvalue weighted by atomic mass is 19.1. The van der Waals surface area contributed by atoms with Crippen LogP contribution in [0.3, 0.4) is 0 Å². The van der Waals surface area contributed by atoms with Crippen molar-refractivity contribution in [2.45, 2.75) is 13.0 Å². The summed E-state index contributed by atoms with van der Waals surface area (Å²) in [4.78, 5) is 39.4. The Morgan fingerprint density at radius 1 is 1.17 bits per heavy atom. The third-order valence-corrected chi connectivity index (χ3v) is 4.42. The molecule has 0 saturated carbocycles. The van der Waals surface area contributed by atoms with Crippen molar-refractivity contribution in [1.82, 2.24) is 14.9 Å². The van der Waals surface area contributed by atoms with Crippen LogP contribution < -0.4 is 21.3 Å². The van der Waals surface area contributed by atoms with Crippen LogP contribution in [-0.4, -0.2) is 29.1 Å². The van der Waals surface area contributed by atoms with Gasteiger partial charge in [-0.05, 0) is 30.2 Å². The molecule has 150 valence electrons. The number of aromatic amines is 1. The Labute approximate surface area is 165 Å². The van der Waals surface area contributed by atoms with Gasteiger partial charge in [-0.3, -0.25) is 14.2 Å². The smallest absolute Gasteiger partial charge is 0.328 e. The largest absolute Gasteiger partial charge is 0.497 e. The molecule has 0 fully saturated rings. The first-order valence-corrected chi connectivity index (χ1v) is 8.96. The van der Waals surface area contributed by atoms with Crippen LogP contribution in [0.5, 0.6) is 5.75 Å². The molecule has 1 amide bonds. The van der Waals surface area contributed by atoms with Crippen LogP contribution in [0.25, 0.3) is 0 Å². The van der Waals surface area contributed by atoms with Crippen LogP contribution in [0.15, 0.2) is 64.3 Å². The molecule has 29 heavy (non-hydrogen) atoms. The maximum absolute atomic E-state index is 13.9. The third-order valence-electron chi connectivity index (χ3n) is 4.42. The topological polar surface area (TPSA) is 93.2 Å². The van der Waals surface area contributed by atoms with Crippen molar-refractivity contribution in [3.05, 3.63) is 98.1 Å². The number of hydrogen-bond acceptors (Lipinski definition) is 4. The average molecular weight is 397 g/mol. The van der Waals surface area contributed by atoms with Gasteiger partial charge in [0, 0.05) is 18.3 Å². The number of rotatable bonds is 7. The van der Waals surface area contributed by atoms with E-state index < -0.39 is 23.0 Å². The van der Waals surface area contributed by atoms with E-state index >= 15 is 0 Å². The number of H-pyrrole nitrogens is 1. The van der Waals surface area contributed by atoms with Crippen molar-refractivity contribution in [3.8, 4) is 5.75 Å². The van der Waals surface area contributed by atoms with Gasteiger partial charge in [0.1, 0.15) is 17.1 Å². The van der Waals surface area contributed by atoms with Crippen LogP contribution in [0.4, 0.5) is 4.39 Å². The Balaban J connectivity index is 1.73. The predicted octanol–water partition coefficient (Wildman–Crippen LogP) is 1.71. The summed E-state index contributed by atoms with van der Waals surface area (Å²) >= 11 is 0. The van der Waals surface area contributed by atoms with E-state index in [4.69, 9.17) is 4.74 Å². The van der Waals surface area contributed by atoms with Gasteiger partial charge in [-0.2, -0.15) is 0 Å². The van der Waals surface area contributed by atoms with E-state index in [9.17, 15) is 18.8 Å². The zero-order valence-corrected chi connectivity index (χ0v) is 15.8. The minimum atomic E-state index is -0.782. The number of amides is 1. The predicted molar refractivity (Wildman–Crippen MR) is 106 cm³/mol. The maximum atomic E-state index is 13.9. The zero-order chi connectivity index (χ0) is 20.8. The molecule has 0 saturated heterocycles. The van der Waals surface area contributed by atoms with Crippen LogP contribution in [0.2, 0.25) is 0 Å². The lowest BCUT2D eigenvalue weighted by atomic mass is 10.1. The van der Waals surface area contributed by atoms with Gasteiger partial charge in [0.05, 0.1) is 13.7 Å². The number of benzene rings is 2. The second kappa shape index (κ2) is 9.01. The Kier molecular flexibility index (Phi) is 6.23. The summed E-state index contributed by atoms with van der Waals surface area (Å²) in [6.45, 7) is 0.0175. The van der Waals surface area contributed by atoms with E-state index in [1.807, 2.05) is 24.3 Å². The molecular weight excluding hydrogens is 377 g/mol. The molecule has 0 unspecified atom stereocenters. The number of nitrogens with one attached hydrogen (secondary N) is 2. The van der Waals surface area contributed by atoms with Gasteiger partial charge in [-0.1, -0.05) is 30.3 Å². The minimum Gasteiger partial charge on any atom is -0.497 e. The normalized spacial score (nSPS) is 10.6. The molecule has 0 aliphatic rings. The fourth-order valence-electron chi connectivity index (χ4n) is 2.86. The molecule has 0 bridgehead atoms. The second-order valence-electron chi connectivity index (χ2n) is 6.35. The average Bonchev–Trinajstić information content (AvgIpc) is 2.72. The van der Waals surface area contributed by atoms with Crippen LogP contribution in [0, 0.1) is 5.82 Å². The van der Waals surface area contributed by atoms with E-state index in [2.05, 4.69) is 10.3 Å². The summed E-state index contributed by atoms with van der Waals surface area (Å²) in [7, 11) is 1.57. The highest BCUT2D eigenvalue weighted by Gasteiger charge is 2.15. The van der Waals surface area contributed by atoms with E-state index in [-0.39, 0.29) is 24.2 Å². The van der Waals surface area contributed by atoms with E-state index in [0.717, 1.165) is 16.3 Å². The first kappa shape index (κ1) is 20.1. The fraction of sp³-hybridized carbons (Fsp3) is 0.190. The van der Waals surface area contributed by atoms with Gasteiger partial charge in [0.25, 0.3) is 11.5 Å². The number of ether oxygens (including phenoxy) is 1. The van der Waals surface area contributed by atoms with Crippen molar-refractivity contribution in [2.75, 3.05) is 13.7 Å². The molecule has 2 N–H and O–H groups in total. The van der Waals surface area contributed by atoms with Crippen molar-refractivity contribution in [2.24, 2.45) is 0 Å². The standard InChI is InChI=1S/C21H20FN3O4/c1-29-16-7-4-5-14(11-16)9-10-23-19(26)17-12-24-21(28)25(20(17)27)13-15-6-2-3-8-18(15)22/h2-8,11-12H,9-10,13H2,1H3,(H,23,26)(H,24,28). The molecule has 0 atom stereocenters. The lowest BCUT2D eigenvalue weighted by Crippen LogP contribution is -2.41. The van der Waals surface area contributed by atoms with Gasteiger partial charge >= 0.3 is 5.69 Å². The SMILES string of the molecule is COc1cccc(CCNC(=O)c2c[nH]c(=O)n(Cc3ccccc3F)c2=O)c1. The van der Waals surface area contributed by atoms with Gasteiger partial charge in [0.2, 0.25) is 0 Å². The molecule has 7 nitrogen and oxygen atoms in total. The molecule has 8 heteroatoms. The number of carbonyl (C=O) groups excluding carboxylic acids is 1. The van der Waals surface area contributed by atoms with Gasteiger partial charge in [-0.25, -0.2) is 9.18 Å². The minimum absolute atomic E-state index is 0.177. The quantitative estimate of drug-likeness (QED) is 0.635. The van der Waals surface area contributed by atoms with Crippen molar-refractivity contribution in [3.63, 3.8) is 0 Å². The van der Waals surface area contributed by atoms with Crippen molar-refractivity contribution in [1.29, 1.82) is 0 Å². The molecule has 0 radical (unpaired) electrons. The number of carbonyl (C=O) groups is 1. The summed E-state index contributed by atoms with van der Waals surface area (Å²) in [5, 5.41) is 2.66. The Bertz CT molecular complexity index is 1140. The summed E-state index contributed by atoms with van der Waals surface area (Å²) in [6, 6.07) is 13.2. The molecule has 1 heterocycles. The molecule has 0 spiro atoms. The maximum Gasteiger partial charge on any atom is 0.328 e. The Morgan fingerprint density at radius 2 is 1.97 bits per heavy atom. The monoisotopic (exact) mass is 397 g/mol. The summed E-state index contributed by atoms with van der Waals surface area (Å²) < 4.78 is 19.8.